The summed E-state index contributed by atoms with van der Waals surface area (Å²) in [6, 6.07) is 11.9. The molecule has 0 aliphatic rings. The van der Waals surface area contributed by atoms with Gasteiger partial charge < -0.3 is 9.73 Å². The molecule has 0 saturated carbocycles. The maximum absolute atomic E-state index is 13.7. The first-order valence-corrected chi connectivity index (χ1v) is 9.95. The summed E-state index contributed by atoms with van der Waals surface area (Å²) < 4.78 is 46.3. The molecular weight excluding hydrogens is 383 g/mol. The van der Waals surface area contributed by atoms with Crippen LogP contribution in [-0.2, 0) is 16.6 Å². The van der Waals surface area contributed by atoms with Gasteiger partial charge in [-0.25, -0.2) is 17.5 Å². The zero-order valence-corrected chi connectivity index (χ0v) is 16.1. The Labute approximate surface area is 162 Å². The molecule has 1 aromatic heterocycles. The number of benzene rings is 2. The van der Waals surface area contributed by atoms with Crippen molar-refractivity contribution in [3.05, 3.63) is 83.1 Å². The van der Waals surface area contributed by atoms with Gasteiger partial charge in [0.15, 0.2) is 0 Å². The fourth-order valence-corrected chi connectivity index (χ4v) is 3.56. The molecule has 6 nitrogen and oxygen atoms in total. The number of sulfonamides is 1. The Bertz CT molecular complexity index is 1110. The number of anilines is 1. The zero-order valence-electron chi connectivity index (χ0n) is 15.3. The molecule has 0 aliphatic carbocycles. The molecule has 0 fully saturated rings. The molecule has 0 unspecified atom stereocenters. The van der Waals surface area contributed by atoms with Crippen LogP contribution in [0.3, 0.4) is 0 Å². The third-order valence-corrected chi connectivity index (χ3v) is 5.61. The van der Waals surface area contributed by atoms with Gasteiger partial charge in [0.25, 0.3) is 5.91 Å². The molecule has 2 aromatic carbocycles. The van der Waals surface area contributed by atoms with Crippen LogP contribution in [0.5, 0.6) is 0 Å². The van der Waals surface area contributed by atoms with Crippen molar-refractivity contribution in [1.82, 2.24) is 4.72 Å². The minimum Gasteiger partial charge on any atom is -0.468 e. The maximum atomic E-state index is 13.7. The summed E-state index contributed by atoms with van der Waals surface area (Å²) in [6.07, 6.45) is 1.45. The average Bonchev–Trinajstić information content (AvgIpc) is 3.17. The van der Waals surface area contributed by atoms with Gasteiger partial charge in [0.05, 0.1) is 17.7 Å². The lowest BCUT2D eigenvalue weighted by atomic mass is 10.1. The van der Waals surface area contributed by atoms with Gasteiger partial charge >= 0.3 is 0 Å². The Morgan fingerprint density at radius 3 is 2.50 bits per heavy atom. The summed E-state index contributed by atoms with van der Waals surface area (Å²) in [6.45, 7) is 3.31. The molecule has 8 heteroatoms. The summed E-state index contributed by atoms with van der Waals surface area (Å²) in [5, 5.41) is 2.59. The highest BCUT2D eigenvalue weighted by atomic mass is 32.2. The summed E-state index contributed by atoms with van der Waals surface area (Å²) in [7, 11) is -3.84. The zero-order chi connectivity index (χ0) is 20.3. The van der Waals surface area contributed by atoms with E-state index in [9.17, 15) is 17.6 Å². The lowest BCUT2D eigenvalue weighted by Gasteiger charge is -2.11. The Kier molecular flexibility index (Phi) is 5.62. The molecule has 0 aliphatic heterocycles. The van der Waals surface area contributed by atoms with Crippen molar-refractivity contribution in [3.63, 3.8) is 0 Å². The van der Waals surface area contributed by atoms with E-state index < -0.39 is 21.7 Å². The van der Waals surface area contributed by atoms with E-state index in [2.05, 4.69) is 10.0 Å². The van der Waals surface area contributed by atoms with E-state index in [0.29, 0.717) is 16.9 Å². The van der Waals surface area contributed by atoms with E-state index in [0.717, 1.165) is 0 Å². The van der Waals surface area contributed by atoms with Gasteiger partial charge in [-0.3, -0.25) is 4.79 Å². The van der Waals surface area contributed by atoms with E-state index in [-0.39, 0.29) is 22.7 Å². The lowest BCUT2D eigenvalue weighted by Crippen LogP contribution is -2.24. The SMILES string of the molecule is Cc1ccc(NC(=O)c2cc(S(=O)(=O)NCc3ccco3)ccc2C)cc1F. The van der Waals surface area contributed by atoms with Crippen molar-refractivity contribution in [2.75, 3.05) is 5.32 Å². The van der Waals surface area contributed by atoms with Gasteiger partial charge in [0, 0.05) is 11.3 Å². The van der Waals surface area contributed by atoms with Crippen molar-refractivity contribution in [2.24, 2.45) is 0 Å². The first-order chi connectivity index (χ1) is 13.3. The Morgan fingerprint density at radius 2 is 1.82 bits per heavy atom. The number of aryl methyl sites for hydroxylation is 2. The largest absolute Gasteiger partial charge is 0.468 e. The second kappa shape index (κ2) is 7.95. The average molecular weight is 402 g/mol. The number of carbonyl (C=O) groups is 1. The van der Waals surface area contributed by atoms with Gasteiger partial charge in [-0.2, -0.15) is 0 Å². The molecular formula is C20H19FN2O4S. The van der Waals surface area contributed by atoms with Crippen LogP contribution >= 0.6 is 0 Å². The number of carbonyl (C=O) groups excluding carboxylic acids is 1. The van der Waals surface area contributed by atoms with Gasteiger partial charge in [-0.15, -0.1) is 0 Å². The van der Waals surface area contributed by atoms with E-state index >= 15 is 0 Å². The second-order valence-corrected chi connectivity index (χ2v) is 8.07. The molecule has 0 bridgehead atoms. The standard InChI is InChI=1S/C20H19FN2O4S/c1-13-6-8-17(28(25,26)22-12-16-4-3-9-27-16)11-18(13)20(24)23-15-7-5-14(2)19(21)10-15/h3-11,22H,12H2,1-2H3,(H,23,24). The van der Waals surface area contributed by atoms with Crippen molar-refractivity contribution in [1.29, 1.82) is 0 Å². The summed E-state index contributed by atoms with van der Waals surface area (Å²) in [5.74, 6) is -0.494. The topological polar surface area (TPSA) is 88.4 Å². The molecule has 0 saturated heterocycles. The number of hydrogen-bond donors (Lipinski definition) is 2. The molecule has 146 valence electrons. The Hall–Kier alpha value is -2.97. The predicted octanol–water partition coefficient (Wildman–Crippen LogP) is 3.77. The van der Waals surface area contributed by atoms with Crippen LogP contribution in [0.25, 0.3) is 0 Å². The molecule has 0 atom stereocenters. The molecule has 28 heavy (non-hydrogen) atoms. The summed E-state index contributed by atoms with van der Waals surface area (Å²) in [5.41, 5.74) is 1.53. The number of furan rings is 1. The first kappa shape index (κ1) is 19.8. The first-order valence-electron chi connectivity index (χ1n) is 8.46. The highest BCUT2D eigenvalue weighted by Crippen LogP contribution is 2.19. The van der Waals surface area contributed by atoms with Crippen LogP contribution in [0.1, 0.15) is 27.2 Å². The molecule has 0 radical (unpaired) electrons. The van der Waals surface area contributed by atoms with Crippen molar-refractivity contribution >= 4 is 21.6 Å². The number of nitrogens with one attached hydrogen (secondary N) is 2. The van der Waals surface area contributed by atoms with Crippen LogP contribution in [-0.4, -0.2) is 14.3 Å². The third-order valence-electron chi connectivity index (χ3n) is 4.21. The summed E-state index contributed by atoms with van der Waals surface area (Å²) >= 11 is 0. The molecule has 0 spiro atoms. The van der Waals surface area contributed by atoms with Crippen molar-refractivity contribution in [3.8, 4) is 0 Å². The monoisotopic (exact) mass is 402 g/mol. The predicted molar refractivity (Wildman–Crippen MR) is 103 cm³/mol. The van der Waals surface area contributed by atoms with Crippen molar-refractivity contribution in [2.45, 2.75) is 25.3 Å². The Balaban J connectivity index is 1.81. The fraction of sp³-hybridized carbons (Fsp3) is 0.150. The second-order valence-electron chi connectivity index (χ2n) is 6.30. The quantitative estimate of drug-likeness (QED) is 0.657. The van der Waals surface area contributed by atoms with E-state index in [1.165, 1.54) is 24.5 Å². The molecule has 2 N–H and O–H groups in total. The fourth-order valence-electron chi connectivity index (χ4n) is 2.54. The van der Waals surface area contributed by atoms with E-state index in [1.807, 2.05) is 0 Å². The molecule has 1 amide bonds. The molecule has 1 heterocycles. The van der Waals surface area contributed by atoms with Crippen molar-refractivity contribution < 1.29 is 22.0 Å². The number of rotatable bonds is 6. The van der Waals surface area contributed by atoms with E-state index in [1.54, 1.807) is 44.2 Å². The molecule has 3 rings (SSSR count). The van der Waals surface area contributed by atoms with Crippen LogP contribution in [0.2, 0.25) is 0 Å². The van der Waals surface area contributed by atoms with Crippen LogP contribution in [0, 0.1) is 19.7 Å². The van der Waals surface area contributed by atoms with Crippen LogP contribution < -0.4 is 10.0 Å². The van der Waals surface area contributed by atoms with Gasteiger partial charge in [-0.05, 0) is 61.4 Å². The van der Waals surface area contributed by atoms with E-state index in [4.69, 9.17) is 4.42 Å². The lowest BCUT2D eigenvalue weighted by molar-refractivity contribution is 0.102. The number of amides is 1. The van der Waals surface area contributed by atoms with Gasteiger partial charge in [0.1, 0.15) is 11.6 Å². The summed E-state index contributed by atoms with van der Waals surface area (Å²) in [4.78, 5) is 12.5. The Morgan fingerprint density at radius 1 is 1.07 bits per heavy atom. The van der Waals surface area contributed by atoms with Gasteiger partial charge in [-0.1, -0.05) is 12.1 Å². The van der Waals surface area contributed by atoms with Crippen LogP contribution in [0.15, 0.2) is 64.1 Å². The highest BCUT2D eigenvalue weighted by Gasteiger charge is 2.18. The normalized spacial score (nSPS) is 11.4. The maximum Gasteiger partial charge on any atom is 0.255 e. The smallest absolute Gasteiger partial charge is 0.255 e. The highest BCUT2D eigenvalue weighted by molar-refractivity contribution is 7.89. The number of halogens is 1. The number of hydrogen-bond acceptors (Lipinski definition) is 4. The minimum atomic E-state index is -3.84. The minimum absolute atomic E-state index is 0.00656. The van der Waals surface area contributed by atoms with Gasteiger partial charge in [0.2, 0.25) is 10.0 Å². The third kappa shape index (κ3) is 4.47. The van der Waals surface area contributed by atoms with Crippen LogP contribution in [0.4, 0.5) is 10.1 Å². The molecule has 3 aromatic rings.